The second kappa shape index (κ2) is 12.6. The minimum atomic E-state index is -2.16. The first-order valence-corrected chi connectivity index (χ1v) is 19.7. The Hall–Kier alpha value is -3.05. The summed E-state index contributed by atoms with van der Waals surface area (Å²) < 4.78 is 9.21. The lowest BCUT2D eigenvalue weighted by Gasteiger charge is -2.47. The Labute approximate surface area is 267 Å². The van der Waals surface area contributed by atoms with E-state index in [-0.39, 0.29) is 22.5 Å². The van der Waals surface area contributed by atoms with Gasteiger partial charge in [-0.25, -0.2) is 4.68 Å². The topological polar surface area (TPSA) is 108 Å². The molecule has 3 atom stereocenters. The maximum atomic E-state index is 12.1. The van der Waals surface area contributed by atoms with Gasteiger partial charge in [-0.2, -0.15) is 0 Å². The van der Waals surface area contributed by atoms with Crippen LogP contribution < -0.4 is 10.9 Å². The Morgan fingerprint density at radius 1 is 1.13 bits per heavy atom. The van der Waals surface area contributed by atoms with Gasteiger partial charge in [-0.3, -0.25) is 4.79 Å². The molecule has 1 unspecified atom stereocenters. The SMILES string of the molecule is CCCC([C@H]1CN2CCC1CC2)n1nnc2cc(CNC[C@@H](O[Si](C)(C)C(C)(C)C)c3ccc(O)c4[nH]c(=O)ccc34)ccc21. The van der Waals surface area contributed by atoms with Crippen LogP contribution in [0, 0.1) is 11.8 Å². The molecule has 0 spiro atoms. The predicted molar refractivity (Wildman–Crippen MR) is 183 cm³/mol. The molecule has 2 aromatic carbocycles. The van der Waals surface area contributed by atoms with Crippen molar-refractivity contribution in [3.05, 3.63) is 63.9 Å². The third kappa shape index (κ3) is 6.47. The van der Waals surface area contributed by atoms with Crippen LogP contribution in [0.25, 0.3) is 21.9 Å². The number of aromatic nitrogens is 4. The van der Waals surface area contributed by atoms with Gasteiger partial charge < -0.3 is 24.7 Å². The molecule has 3 aliphatic rings. The third-order valence-corrected chi connectivity index (χ3v) is 15.3. The van der Waals surface area contributed by atoms with Gasteiger partial charge in [0.1, 0.15) is 11.3 Å². The highest BCUT2D eigenvalue weighted by molar-refractivity contribution is 6.74. The van der Waals surface area contributed by atoms with Crippen molar-refractivity contribution in [1.82, 2.24) is 30.2 Å². The fourth-order valence-electron chi connectivity index (χ4n) is 7.24. The normalized spacial score (nSPS) is 21.9. The maximum absolute atomic E-state index is 12.1. The smallest absolute Gasteiger partial charge is 0.248 e. The molecular formula is C35H50N6O3Si. The summed E-state index contributed by atoms with van der Waals surface area (Å²) in [6.07, 6.45) is 4.63. The number of hydrogen-bond acceptors (Lipinski definition) is 7. The summed E-state index contributed by atoms with van der Waals surface area (Å²) in [7, 11) is -2.16. The monoisotopic (exact) mass is 630 g/mol. The number of H-pyrrole nitrogens is 1. The molecule has 3 aliphatic heterocycles. The predicted octanol–water partition coefficient (Wildman–Crippen LogP) is 6.51. The van der Waals surface area contributed by atoms with Crippen molar-refractivity contribution in [2.24, 2.45) is 11.8 Å². The van der Waals surface area contributed by atoms with Gasteiger partial charge in [-0.05, 0) is 97.7 Å². The zero-order chi connectivity index (χ0) is 31.9. The van der Waals surface area contributed by atoms with Gasteiger partial charge in [0.05, 0.1) is 23.2 Å². The molecule has 3 fully saturated rings. The standard InChI is InChI=1S/C35H50N6O3Si/c1-7-8-29(27-22-40-17-15-24(27)16-18-40)41-30-12-9-23(19-28(30)38-39-41)20-36-21-32(44-45(5,6)35(2,3)4)25-10-13-31(42)34-26(25)11-14-33(43)37-34/h9-14,19,24,27,29,32,36,42H,7-8,15-18,20-22H2,1-6H3,(H,37,43)/t27-,29?,32+/m0/s1. The highest BCUT2D eigenvalue weighted by Gasteiger charge is 2.41. The number of pyridine rings is 1. The first-order chi connectivity index (χ1) is 21.4. The average Bonchev–Trinajstić information content (AvgIpc) is 3.43. The molecule has 7 rings (SSSR count). The van der Waals surface area contributed by atoms with Crippen molar-refractivity contribution in [3.8, 4) is 5.75 Å². The summed E-state index contributed by atoms with van der Waals surface area (Å²) in [6, 6.07) is 13.8. The van der Waals surface area contributed by atoms with E-state index in [4.69, 9.17) is 9.64 Å². The molecular weight excluding hydrogens is 581 g/mol. The van der Waals surface area contributed by atoms with Crippen LogP contribution >= 0.6 is 0 Å². The van der Waals surface area contributed by atoms with E-state index in [0.29, 0.717) is 30.6 Å². The number of nitrogens with one attached hydrogen (secondary N) is 2. The van der Waals surface area contributed by atoms with Crippen LogP contribution in [0.1, 0.15) is 76.7 Å². The Bertz CT molecular complexity index is 1700. The summed E-state index contributed by atoms with van der Waals surface area (Å²) in [4.78, 5) is 17.5. The minimum absolute atomic E-state index is 0.0212. The molecule has 3 saturated heterocycles. The molecule has 0 radical (unpaired) electrons. The van der Waals surface area contributed by atoms with Crippen LogP contribution in [0.3, 0.4) is 0 Å². The van der Waals surface area contributed by atoms with Crippen LogP contribution in [-0.4, -0.2) is 64.5 Å². The third-order valence-electron chi connectivity index (χ3n) is 10.8. The minimum Gasteiger partial charge on any atom is -0.506 e. The van der Waals surface area contributed by atoms with Crippen molar-refractivity contribution in [1.29, 1.82) is 0 Å². The van der Waals surface area contributed by atoms with Crippen molar-refractivity contribution in [2.45, 2.75) is 90.2 Å². The molecule has 242 valence electrons. The number of hydrogen-bond donors (Lipinski definition) is 3. The Morgan fingerprint density at radius 2 is 1.91 bits per heavy atom. The van der Waals surface area contributed by atoms with Crippen LogP contribution in [0.4, 0.5) is 0 Å². The number of nitrogens with zero attached hydrogens (tertiary/aromatic N) is 4. The zero-order valence-corrected chi connectivity index (χ0v) is 28.8. The zero-order valence-electron chi connectivity index (χ0n) is 27.8. The average molecular weight is 631 g/mol. The van der Waals surface area contributed by atoms with Crippen molar-refractivity contribution in [3.63, 3.8) is 0 Å². The Kier molecular flexibility index (Phi) is 8.95. The second-order valence-electron chi connectivity index (χ2n) is 14.8. The summed E-state index contributed by atoms with van der Waals surface area (Å²) in [6.45, 7) is 18.4. The van der Waals surface area contributed by atoms with Crippen molar-refractivity contribution in [2.75, 3.05) is 26.2 Å². The number of benzene rings is 2. The molecule has 0 aliphatic carbocycles. The van der Waals surface area contributed by atoms with Crippen LogP contribution in [0.2, 0.25) is 18.1 Å². The van der Waals surface area contributed by atoms with E-state index in [1.807, 2.05) is 6.07 Å². The molecule has 9 nitrogen and oxygen atoms in total. The van der Waals surface area contributed by atoms with Gasteiger partial charge in [0.25, 0.3) is 0 Å². The molecule has 3 N–H and O–H groups in total. The van der Waals surface area contributed by atoms with Crippen LogP contribution in [0.5, 0.6) is 5.75 Å². The number of fused-ring (bicyclic) bond motifs is 5. The molecule has 2 bridgehead atoms. The van der Waals surface area contributed by atoms with E-state index < -0.39 is 8.32 Å². The molecule has 4 aromatic rings. The molecule has 2 aromatic heterocycles. The fourth-order valence-corrected chi connectivity index (χ4v) is 8.51. The van der Waals surface area contributed by atoms with Gasteiger partial charge >= 0.3 is 0 Å². The lowest BCUT2D eigenvalue weighted by molar-refractivity contribution is 0.0179. The van der Waals surface area contributed by atoms with Gasteiger partial charge in [0, 0.05) is 31.1 Å². The summed E-state index contributed by atoms with van der Waals surface area (Å²) in [5, 5.41) is 24.4. The number of phenolic OH excluding ortho intramolecular Hbond substituents is 1. The van der Waals surface area contributed by atoms with E-state index in [9.17, 15) is 9.90 Å². The molecule has 45 heavy (non-hydrogen) atoms. The highest BCUT2D eigenvalue weighted by atomic mass is 28.4. The van der Waals surface area contributed by atoms with E-state index in [1.54, 1.807) is 12.1 Å². The summed E-state index contributed by atoms with van der Waals surface area (Å²) in [5.74, 6) is 1.49. The highest BCUT2D eigenvalue weighted by Crippen LogP contribution is 2.42. The molecule has 0 saturated carbocycles. The Balaban J connectivity index is 1.22. The van der Waals surface area contributed by atoms with E-state index >= 15 is 0 Å². The van der Waals surface area contributed by atoms with E-state index in [2.05, 4.69) is 84.0 Å². The van der Waals surface area contributed by atoms with Crippen molar-refractivity contribution >= 4 is 30.3 Å². The number of piperidine rings is 3. The summed E-state index contributed by atoms with van der Waals surface area (Å²) in [5.41, 5.74) is 4.36. The van der Waals surface area contributed by atoms with Gasteiger partial charge in [-0.15, -0.1) is 5.10 Å². The number of rotatable bonds is 11. The van der Waals surface area contributed by atoms with Crippen LogP contribution in [-0.2, 0) is 11.0 Å². The number of aromatic amines is 1. The van der Waals surface area contributed by atoms with Gasteiger partial charge in [0.2, 0.25) is 5.56 Å². The van der Waals surface area contributed by atoms with E-state index in [1.165, 1.54) is 38.5 Å². The lowest BCUT2D eigenvalue weighted by atomic mass is 9.74. The first kappa shape index (κ1) is 31.9. The number of aromatic hydroxyl groups is 1. The number of phenols is 1. The molecule has 0 amide bonds. The quantitative estimate of drug-likeness (QED) is 0.162. The molecule has 5 heterocycles. The fraction of sp³-hybridized carbons (Fsp3) is 0.571. The first-order valence-electron chi connectivity index (χ1n) is 16.7. The Morgan fingerprint density at radius 3 is 2.60 bits per heavy atom. The maximum Gasteiger partial charge on any atom is 0.248 e. The van der Waals surface area contributed by atoms with Gasteiger partial charge in [0.15, 0.2) is 8.32 Å². The van der Waals surface area contributed by atoms with Crippen LogP contribution in [0.15, 0.2) is 47.3 Å². The lowest BCUT2D eigenvalue weighted by Crippen LogP contribution is -2.50. The molecule has 10 heteroatoms. The van der Waals surface area contributed by atoms with Crippen molar-refractivity contribution < 1.29 is 9.53 Å². The van der Waals surface area contributed by atoms with Gasteiger partial charge in [-0.1, -0.05) is 51.5 Å². The largest absolute Gasteiger partial charge is 0.506 e. The second-order valence-corrected chi connectivity index (χ2v) is 19.6. The van der Waals surface area contributed by atoms with E-state index in [0.717, 1.165) is 46.3 Å². The summed E-state index contributed by atoms with van der Waals surface area (Å²) >= 11 is 0.